The van der Waals surface area contributed by atoms with Crippen LogP contribution in [0.2, 0.25) is 0 Å². The van der Waals surface area contributed by atoms with Crippen molar-refractivity contribution in [3.05, 3.63) is 29.8 Å². The Morgan fingerprint density at radius 2 is 1.94 bits per heavy atom. The predicted molar refractivity (Wildman–Crippen MR) is 72.3 cm³/mol. The molecule has 5 heteroatoms. The molecule has 0 aromatic heterocycles. The van der Waals surface area contributed by atoms with E-state index in [0.29, 0.717) is 4.90 Å². The first-order valence-corrected chi connectivity index (χ1v) is 7.54. The first-order chi connectivity index (χ1) is 8.49. The Labute approximate surface area is 108 Å². The Morgan fingerprint density at radius 1 is 1.33 bits per heavy atom. The fourth-order valence-electron chi connectivity index (χ4n) is 1.64. The van der Waals surface area contributed by atoms with Gasteiger partial charge in [-0.05, 0) is 31.0 Å². The van der Waals surface area contributed by atoms with Gasteiger partial charge >= 0.3 is 0 Å². The van der Waals surface area contributed by atoms with E-state index in [9.17, 15) is 8.42 Å². The van der Waals surface area contributed by atoms with E-state index in [1.54, 1.807) is 31.2 Å². The van der Waals surface area contributed by atoms with Crippen LogP contribution in [0, 0.1) is 11.8 Å². The van der Waals surface area contributed by atoms with Crippen molar-refractivity contribution >= 4 is 9.84 Å². The number of benzene rings is 1. The van der Waals surface area contributed by atoms with E-state index in [0.717, 1.165) is 18.4 Å². The first kappa shape index (κ1) is 14.7. The first-order valence-electron chi connectivity index (χ1n) is 5.64. The van der Waals surface area contributed by atoms with Crippen molar-refractivity contribution in [1.29, 1.82) is 0 Å². The molecule has 0 amide bonds. The quantitative estimate of drug-likeness (QED) is 0.480. The van der Waals surface area contributed by atoms with Crippen LogP contribution in [0.5, 0.6) is 0 Å². The highest BCUT2D eigenvalue weighted by molar-refractivity contribution is 7.90. The molecule has 0 aliphatic carbocycles. The van der Waals surface area contributed by atoms with Crippen LogP contribution in [0.15, 0.2) is 29.2 Å². The van der Waals surface area contributed by atoms with E-state index in [-0.39, 0.29) is 6.04 Å². The van der Waals surface area contributed by atoms with E-state index in [1.807, 2.05) is 0 Å². The number of nitrogens with two attached hydrogens (primary N) is 1. The SMILES string of the molecule is CC#CCCC(NN)c1ccc(S(C)(=O)=O)cc1. The van der Waals surface area contributed by atoms with Gasteiger partial charge in [-0.15, -0.1) is 11.8 Å². The number of nitrogens with one attached hydrogen (secondary N) is 1. The molecule has 1 aromatic rings. The maximum Gasteiger partial charge on any atom is 0.175 e. The third-order valence-corrected chi connectivity index (χ3v) is 3.78. The minimum atomic E-state index is -3.15. The Balaban J connectivity index is 2.84. The molecule has 0 aliphatic rings. The molecule has 3 N–H and O–H groups in total. The zero-order valence-corrected chi connectivity index (χ0v) is 11.4. The monoisotopic (exact) mass is 266 g/mol. The zero-order chi connectivity index (χ0) is 13.6. The summed E-state index contributed by atoms with van der Waals surface area (Å²) in [5.74, 6) is 11.3. The average Bonchev–Trinajstić information content (AvgIpc) is 2.34. The molecule has 0 aliphatic heterocycles. The van der Waals surface area contributed by atoms with Crippen LogP contribution >= 0.6 is 0 Å². The fraction of sp³-hybridized carbons (Fsp3) is 0.385. The maximum atomic E-state index is 11.3. The van der Waals surface area contributed by atoms with Gasteiger partial charge in [0, 0.05) is 18.7 Å². The Hall–Kier alpha value is -1.35. The Kier molecular flexibility index (Phi) is 5.35. The van der Waals surface area contributed by atoms with E-state index in [2.05, 4.69) is 17.3 Å². The molecule has 1 rings (SSSR count). The minimum Gasteiger partial charge on any atom is -0.271 e. The Bertz CT molecular complexity index is 539. The van der Waals surface area contributed by atoms with Gasteiger partial charge in [-0.1, -0.05) is 12.1 Å². The summed E-state index contributed by atoms with van der Waals surface area (Å²) in [5, 5.41) is 0. The van der Waals surface area contributed by atoms with E-state index < -0.39 is 9.84 Å². The highest BCUT2D eigenvalue weighted by Gasteiger charge is 2.11. The molecule has 1 unspecified atom stereocenters. The van der Waals surface area contributed by atoms with Crippen molar-refractivity contribution in [2.45, 2.75) is 30.7 Å². The van der Waals surface area contributed by atoms with Gasteiger partial charge in [-0.25, -0.2) is 8.42 Å². The molecule has 0 saturated heterocycles. The van der Waals surface area contributed by atoms with Gasteiger partial charge in [0.05, 0.1) is 4.90 Å². The van der Waals surface area contributed by atoms with Gasteiger partial charge in [-0.3, -0.25) is 11.3 Å². The smallest absolute Gasteiger partial charge is 0.175 e. The average molecular weight is 266 g/mol. The molecule has 98 valence electrons. The van der Waals surface area contributed by atoms with Crippen LogP contribution in [-0.4, -0.2) is 14.7 Å². The maximum absolute atomic E-state index is 11.3. The van der Waals surface area contributed by atoms with Crippen LogP contribution < -0.4 is 11.3 Å². The minimum absolute atomic E-state index is 0.0144. The highest BCUT2D eigenvalue weighted by atomic mass is 32.2. The molecule has 1 aromatic carbocycles. The summed E-state index contributed by atoms with van der Waals surface area (Å²) in [6, 6.07) is 6.74. The van der Waals surface area contributed by atoms with Crippen LogP contribution in [-0.2, 0) is 9.84 Å². The van der Waals surface area contributed by atoms with Gasteiger partial charge in [0.2, 0.25) is 0 Å². The number of hydrazine groups is 1. The van der Waals surface area contributed by atoms with Crippen LogP contribution in [0.4, 0.5) is 0 Å². The lowest BCUT2D eigenvalue weighted by atomic mass is 10.0. The molecule has 1 atom stereocenters. The summed E-state index contributed by atoms with van der Waals surface area (Å²) in [5.41, 5.74) is 3.68. The number of sulfone groups is 1. The second kappa shape index (κ2) is 6.55. The molecule has 0 radical (unpaired) electrons. The van der Waals surface area contributed by atoms with Gasteiger partial charge in [0.15, 0.2) is 9.84 Å². The normalized spacial score (nSPS) is 12.6. The topological polar surface area (TPSA) is 72.2 Å². The number of hydrogen-bond acceptors (Lipinski definition) is 4. The molecule has 0 bridgehead atoms. The van der Waals surface area contributed by atoms with Crippen LogP contribution in [0.1, 0.15) is 31.4 Å². The Morgan fingerprint density at radius 3 is 2.39 bits per heavy atom. The molecule has 18 heavy (non-hydrogen) atoms. The number of hydrogen-bond donors (Lipinski definition) is 2. The van der Waals surface area contributed by atoms with E-state index in [1.165, 1.54) is 6.26 Å². The van der Waals surface area contributed by atoms with Gasteiger partial charge in [0.1, 0.15) is 0 Å². The van der Waals surface area contributed by atoms with Gasteiger partial charge < -0.3 is 0 Å². The molecular weight excluding hydrogens is 248 g/mol. The van der Waals surface area contributed by atoms with Crippen molar-refractivity contribution in [3.63, 3.8) is 0 Å². The second-order valence-corrected chi connectivity index (χ2v) is 6.04. The third kappa shape index (κ3) is 4.15. The van der Waals surface area contributed by atoms with Crippen molar-refractivity contribution in [1.82, 2.24) is 5.43 Å². The molecule has 0 saturated carbocycles. The lowest BCUT2D eigenvalue weighted by Crippen LogP contribution is -2.27. The second-order valence-electron chi connectivity index (χ2n) is 4.03. The standard InChI is InChI=1S/C13H18N2O2S/c1-3-4-5-6-13(15-14)11-7-9-12(10-8-11)18(2,16)17/h7-10,13,15H,5-6,14H2,1-2H3. The molecule has 0 spiro atoms. The summed E-state index contributed by atoms with van der Waals surface area (Å²) in [7, 11) is -3.15. The van der Waals surface area contributed by atoms with Crippen molar-refractivity contribution in [2.24, 2.45) is 5.84 Å². The summed E-state index contributed by atoms with van der Waals surface area (Å²) in [6.07, 6.45) is 2.73. The van der Waals surface area contributed by atoms with E-state index in [4.69, 9.17) is 5.84 Å². The molecule has 0 fully saturated rings. The fourth-order valence-corrected chi connectivity index (χ4v) is 2.27. The summed E-state index contributed by atoms with van der Waals surface area (Å²) in [6.45, 7) is 1.80. The largest absolute Gasteiger partial charge is 0.271 e. The highest BCUT2D eigenvalue weighted by Crippen LogP contribution is 2.19. The predicted octanol–water partition coefficient (Wildman–Crippen LogP) is 1.40. The van der Waals surface area contributed by atoms with Crippen molar-refractivity contribution in [2.75, 3.05) is 6.26 Å². The molecule has 0 heterocycles. The summed E-state index contributed by atoms with van der Waals surface area (Å²) in [4.78, 5) is 0.315. The molecular formula is C13H18N2O2S. The molecule has 4 nitrogen and oxygen atoms in total. The van der Waals surface area contributed by atoms with Crippen LogP contribution in [0.25, 0.3) is 0 Å². The van der Waals surface area contributed by atoms with Gasteiger partial charge in [-0.2, -0.15) is 0 Å². The van der Waals surface area contributed by atoms with E-state index >= 15 is 0 Å². The zero-order valence-electron chi connectivity index (χ0n) is 10.6. The lowest BCUT2D eigenvalue weighted by Gasteiger charge is -2.15. The summed E-state index contributed by atoms with van der Waals surface area (Å²) < 4.78 is 22.7. The summed E-state index contributed by atoms with van der Waals surface area (Å²) >= 11 is 0. The third-order valence-electron chi connectivity index (χ3n) is 2.65. The lowest BCUT2D eigenvalue weighted by molar-refractivity contribution is 0.523. The van der Waals surface area contributed by atoms with Gasteiger partial charge in [0.25, 0.3) is 0 Å². The van der Waals surface area contributed by atoms with Crippen molar-refractivity contribution < 1.29 is 8.42 Å². The van der Waals surface area contributed by atoms with Crippen LogP contribution in [0.3, 0.4) is 0 Å². The van der Waals surface area contributed by atoms with Crippen molar-refractivity contribution in [3.8, 4) is 11.8 Å². The number of rotatable bonds is 5.